The summed E-state index contributed by atoms with van der Waals surface area (Å²) in [7, 11) is -3.04. The molecule has 6 nitrogen and oxygen atoms in total. The highest BCUT2D eigenvalue weighted by molar-refractivity contribution is 6.99. The van der Waals surface area contributed by atoms with E-state index in [2.05, 4.69) is 65.8 Å². The number of rotatable bonds is 7. The maximum atomic E-state index is 15.1. The molecule has 4 aliphatic rings. The fourth-order valence-corrected chi connectivity index (χ4v) is 15.0. The number of carbonyl (C=O) groups excluding carboxylic acids is 2. The third-order valence-corrected chi connectivity index (χ3v) is 18.0. The van der Waals surface area contributed by atoms with Crippen LogP contribution in [0.4, 0.5) is 0 Å². The molecule has 0 radical (unpaired) electrons. The van der Waals surface area contributed by atoms with Crippen LogP contribution in [0.3, 0.4) is 0 Å². The van der Waals surface area contributed by atoms with Crippen molar-refractivity contribution in [2.24, 2.45) is 34.5 Å². The second-order valence-corrected chi connectivity index (χ2v) is 21.0. The zero-order valence-electron chi connectivity index (χ0n) is 29.6. The summed E-state index contributed by atoms with van der Waals surface area (Å²) in [5.41, 5.74) is -2.47. The van der Waals surface area contributed by atoms with Gasteiger partial charge < -0.3 is 19.4 Å². The molecule has 0 unspecified atom stereocenters. The third kappa shape index (κ3) is 4.90. The van der Waals surface area contributed by atoms with E-state index in [0.717, 1.165) is 16.8 Å². The molecule has 1 spiro atoms. The lowest BCUT2D eigenvalue weighted by Crippen LogP contribution is -2.67. The number of ether oxygens (including phenoxy) is 1. The van der Waals surface area contributed by atoms with Gasteiger partial charge in [-0.05, 0) is 75.5 Å². The Morgan fingerprint density at radius 2 is 1.47 bits per heavy atom. The van der Waals surface area contributed by atoms with Crippen molar-refractivity contribution in [3.05, 3.63) is 108 Å². The molecule has 0 aromatic heterocycles. The summed E-state index contributed by atoms with van der Waals surface area (Å²) in [6.45, 7) is 13.2. The van der Waals surface area contributed by atoms with E-state index in [1.165, 1.54) is 0 Å². The van der Waals surface area contributed by atoms with E-state index in [4.69, 9.17) is 9.16 Å². The summed E-state index contributed by atoms with van der Waals surface area (Å²) in [4.78, 5) is 28.6. The van der Waals surface area contributed by atoms with Crippen LogP contribution >= 0.6 is 0 Å². The summed E-state index contributed by atoms with van der Waals surface area (Å²) in [6.07, 6.45) is 0.812. The van der Waals surface area contributed by atoms with E-state index >= 15 is 4.79 Å². The number of carbonyl (C=O) groups is 2. The first-order chi connectivity index (χ1) is 23.2. The van der Waals surface area contributed by atoms with Crippen LogP contribution in [0, 0.1) is 34.5 Å². The van der Waals surface area contributed by atoms with Crippen LogP contribution in [0.2, 0.25) is 5.04 Å². The van der Waals surface area contributed by atoms with Crippen molar-refractivity contribution >= 4 is 30.4 Å². The number of hydrogen-bond acceptors (Lipinski definition) is 6. The molecule has 3 aromatic rings. The Bertz CT molecular complexity index is 1710. The van der Waals surface area contributed by atoms with Gasteiger partial charge in [0.05, 0.1) is 17.6 Å². The number of aliphatic hydroxyl groups is 2. The Balaban J connectivity index is 1.35. The van der Waals surface area contributed by atoms with Crippen LogP contribution in [-0.4, -0.2) is 54.7 Å². The molecule has 4 aliphatic carbocycles. The Hall–Kier alpha value is -3.36. The van der Waals surface area contributed by atoms with Gasteiger partial charge in [-0.25, -0.2) is 4.79 Å². The number of aliphatic hydroxyl groups excluding tert-OH is 1. The van der Waals surface area contributed by atoms with Gasteiger partial charge in [0, 0.05) is 5.92 Å². The molecule has 2 N–H and O–H groups in total. The second-order valence-electron chi connectivity index (χ2n) is 16.7. The molecule has 7 rings (SSSR count). The molecule has 3 saturated carbocycles. The zero-order chi connectivity index (χ0) is 35.0. The van der Waals surface area contributed by atoms with Gasteiger partial charge in [0.1, 0.15) is 23.6 Å². The number of hydrogen-bond donors (Lipinski definition) is 2. The number of esters is 1. The molecule has 3 aromatic carbocycles. The molecule has 0 heterocycles. The average Bonchev–Trinajstić information content (AvgIpc) is 3.53. The molecular weight excluding hydrogens is 629 g/mol. The van der Waals surface area contributed by atoms with E-state index in [-0.39, 0.29) is 41.1 Å². The molecule has 2 bridgehead atoms. The van der Waals surface area contributed by atoms with E-state index in [0.29, 0.717) is 23.5 Å². The number of allylic oxidation sites excluding steroid dienone is 1. The SMILES string of the molecule is C[C@@H]1C[C@@H]2[C@H]([C@@H]3C=C(CO[Si](c4ccccc4)(c4ccccc4)C(C)(C)C)[C@@H](O)[C@]4(O)[C@@H](OC(=O)c5ccccc5)CC[C@]14C3=O)C2(C)C. The molecule has 0 saturated heterocycles. The van der Waals surface area contributed by atoms with Gasteiger partial charge in [-0.2, -0.15) is 0 Å². The van der Waals surface area contributed by atoms with E-state index in [9.17, 15) is 15.0 Å². The van der Waals surface area contributed by atoms with Crippen LogP contribution in [0.1, 0.15) is 71.2 Å². The lowest BCUT2D eigenvalue weighted by molar-refractivity contribution is -0.196. The Labute approximate surface area is 291 Å². The van der Waals surface area contributed by atoms with Gasteiger partial charge in [-0.15, -0.1) is 0 Å². The lowest BCUT2D eigenvalue weighted by atomic mass is 9.59. The van der Waals surface area contributed by atoms with Gasteiger partial charge in [0.2, 0.25) is 0 Å². The second kappa shape index (κ2) is 11.9. The Morgan fingerprint density at radius 3 is 2.02 bits per heavy atom. The monoisotopic (exact) mass is 678 g/mol. The minimum Gasteiger partial charge on any atom is -0.456 e. The first-order valence-electron chi connectivity index (χ1n) is 17.9. The number of benzene rings is 3. The van der Waals surface area contributed by atoms with Gasteiger partial charge in [-0.3, -0.25) is 4.79 Å². The highest BCUT2D eigenvalue weighted by atomic mass is 28.4. The molecule has 0 amide bonds. The highest BCUT2D eigenvalue weighted by Crippen LogP contribution is 2.72. The molecule has 0 aliphatic heterocycles. The van der Waals surface area contributed by atoms with Gasteiger partial charge in [0.25, 0.3) is 8.32 Å². The fourth-order valence-electron chi connectivity index (χ4n) is 10.5. The summed E-state index contributed by atoms with van der Waals surface area (Å²) < 4.78 is 13.5. The summed E-state index contributed by atoms with van der Waals surface area (Å²) >= 11 is 0. The van der Waals surface area contributed by atoms with Crippen LogP contribution < -0.4 is 10.4 Å². The van der Waals surface area contributed by atoms with Gasteiger partial charge in [-0.1, -0.05) is 126 Å². The van der Waals surface area contributed by atoms with Crippen molar-refractivity contribution in [2.45, 2.75) is 83.7 Å². The fraction of sp³-hybridized carbons (Fsp3) is 0.476. The minimum atomic E-state index is -3.04. The predicted octanol–water partition coefficient (Wildman–Crippen LogP) is 6.10. The normalized spacial score (nSPS) is 33.4. The molecule has 258 valence electrons. The van der Waals surface area contributed by atoms with Crippen LogP contribution in [0.15, 0.2) is 103 Å². The molecule has 7 heteroatoms. The van der Waals surface area contributed by atoms with Crippen LogP contribution in [0.25, 0.3) is 0 Å². The number of fused-ring (bicyclic) bond motifs is 3. The summed E-state index contributed by atoms with van der Waals surface area (Å²) in [6, 6.07) is 29.4. The molecule has 8 atom stereocenters. The zero-order valence-corrected chi connectivity index (χ0v) is 30.6. The highest BCUT2D eigenvalue weighted by Gasteiger charge is 2.77. The van der Waals surface area contributed by atoms with E-state index < -0.39 is 43.4 Å². The molecule has 3 fully saturated rings. The van der Waals surface area contributed by atoms with Crippen molar-refractivity contribution < 1.29 is 29.0 Å². The number of ketones is 1. The van der Waals surface area contributed by atoms with Crippen molar-refractivity contribution in [2.75, 3.05) is 6.61 Å². The maximum absolute atomic E-state index is 15.1. The van der Waals surface area contributed by atoms with Gasteiger partial charge in [0.15, 0.2) is 0 Å². The predicted molar refractivity (Wildman–Crippen MR) is 193 cm³/mol. The van der Waals surface area contributed by atoms with Crippen molar-refractivity contribution in [1.29, 1.82) is 0 Å². The van der Waals surface area contributed by atoms with Crippen molar-refractivity contribution in [1.82, 2.24) is 0 Å². The van der Waals surface area contributed by atoms with E-state index in [1.54, 1.807) is 24.3 Å². The molecular formula is C42H50O6Si. The first-order valence-corrected chi connectivity index (χ1v) is 19.8. The smallest absolute Gasteiger partial charge is 0.338 e. The lowest BCUT2D eigenvalue weighted by Gasteiger charge is -2.49. The van der Waals surface area contributed by atoms with Crippen molar-refractivity contribution in [3.8, 4) is 0 Å². The largest absolute Gasteiger partial charge is 0.456 e. The Kier molecular flexibility index (Phi) is 8.26. The summed E-state index contributed by atoms with van der Waals surface area (Å²) in [5.74, 6) is -0.879. The first kappa shape index (κ1) is 34.1. The van der Waals surface area contributed by atoms with Crippen LogP contribution in [-0.2, 0) is 14.0 Å². The van der Waals surface area contributed by atoms with Crippen LogP contribution in [0.5, 0.6) is 0 Å². The van der Waals surface area contributed by atoms with E-state index in [1.807, 2.05) is 48.5 Å². The standard InChI is InChI=1S/C42H50O6Si/c1-27-24-33-35(40(33,5)6)32-25-29(26-47-49(39(2,3)4,30-18-12-8-13-19-30)31-20-14-9-15-21-31)36(43)42(46)34(22-23-41(27,42)37(32)44)48-38(45)28-16-10-7-11-17-28/h7-21,25,27,32-36,43,46H,22-24,26H2,1-6H3/t27-,32+,33-,34+,35+,36-,41-,42-/m1/s1. The topological polar surface area (TPSA) is 93.1 Å². The average molecular weight is 679 g/mol. The van der Waals surface area contributed by atoms with Gasteiger partial charge >= 0.3 is 5.97 Å². The minimum absolute atomic E-state index is 0.0293. The third-order valence-electron chi connectivity index (χ3n) is 13.0. The maximum Gasteiger partial charge on any atom is 0.338 e. The Morgan fingerprint density at radius 1 is 0.918 bits per heavy atom. The molecule has 49 heavy (non-hydrogen) atoms. The number of Topliss-reactive ketones (excluding diaryl/α,β-unsaturated/α-hetero) is 1. The van der Waals surface area contributed by atoms with Crippen molar-refractivity contribution in [3.63, 3.8) is 0 Å². The quantitative estimate of drug-likeness (QED) is 0.178. The summed E-state index contributed by atoms with van der Waals surface area (Å²) in [5, 5.41) is 27.7.